The number of rotatable bonds is 3. The van der Waals surface area contributed by atoms with Crippen molar-refractivity contribution in [1.82, 2.24) is 15.0 Å². The lowest BCUT2D eigenvalue weighted by atomic mass is 10.2. The summed E-state index contributed by atoms with van der Waals surface area (Å²) in [4.78, 5) is 22.9. The van der Waals surface area contributed by atoms with E-state index in [2.05, 4.69) is 15.0 Å². The van der Waals surface area contributed by atoms with E-state index in [4.69, 9.17) is 4.74 Å². The fourth-order valence-electron chi connectivity index (χ4n) is 1.46. The van der Waals surface area contributed by atoms with Gasteiger partial charge in [-0.25, -0.2) is 4.98 Å². The summed E-state index contributed by atoms with van der Waals surface area (Å²) in [7, 11) is 0. The number of fused-ring (bicyclic) bond motifs is 1. The van der Waals surface area contributed by atoms with E-state index in [0.29, 0.717) is 12.4 Å². The van der Waals surface area contributed by atoms with Crippen molar-refractivity contribution in [1.29, 1.82) is 0 Å². The van der Waals surface area contributed by atoms with Gasteiger partial charge < -0.3 is 9.72 Å². The summed E-state index contributed by atoms with van der Waals surface area (Å²) in [5, 5.41) is 0. The second-order valence-corrected chi connectivity index (χ2v) is 3.49. The molecule has 2 heterocycles. The van der Waals surface area contributed by atoms with E-state index in [9.17, 15) is 4.79 Å². The zero-order valence-corrected chi connectivity index (χ0v) is 9.23. The first-order chi connectivity index (χ1) is 7.72. The van der Waals surface area contributed by atoms with Crippen LogP contribution in [0.5, 0.6) is 0 Å². The number of carbonyl (C=O) groups excluding carboxylic acids is 1. The Labute approximate surface area is 92.9 Å². The molecule has 0 aliphatic rings. The smallest absolute Gasteiger partial charge is 0.316 e. The highest BCUT2D eigenvalue weighted by Crippen LogP contribution is 2.17. The predicted octanol–water partition coefficient (Wildman–Crippen LogP) is 1.62. The molecule has 2 aromatic heterocycles. The van der Waals surface area contributed by atoms with Gasteiger partial charge in [0.15, 0.2) is 0 Å². The summed E-state index contributed by atoms with van der Waals surface area (Å²) in [5.41, 5.74) is 1.63. The number of esters is 1. The van der Waals surface area contributed by atoms with Crippen molar-refractivity contribution in [3.63, 3.8) is 0 Å². The molecule has 1 N–H and O–H groups in total. The Morgan fingerprint density at radius 3 is 3.12 bits per heavy atom. The minimum absolute atomic E-state index is 0.269. The second kappa shape index (κ2) is 4.30. The number of carbonyl (C=O) groups is 1. The first-order valence-corrected chi connectivity index (χ1v) is 5.18. The normalized spacial score (nSPS) is 12.6. The maximum Gasteiger partial charge on any atom is 0.316 e. The van der Waals surface area contributed by atoms with E-state index in [-0.39, 0.29) is 11.9 Å². The molecule has 2 aromatic rings. The van der Waals surface area contributed by atoms with Crippen LogP contribution >= 0.6 is 0 Å². The molecule has 1 atom stereocenters. The summed E-state index contributed by atoms with van der Waals surface area (Å²) in [6.07, 6.45) is 3.35. The van der Waals surface area contributed by atoms with Gasteiger partial charge in [0.1, 0.15) is 11.7 Å². The third-order valence-electron chi connectivity index (χ3n) is 2.35. The van der Waals surface area contributed by atoms with Crippen LogP contribution in [-0.2, 0) is 9.53 Å². The van der Waals surface area contributed by atoms with Gasteiger partial charge in [0.2, 0.25) is 0 Å². The van der Waals surface area contributed by atoms with Gasteiger partial charge in [0.25, 0.3) is 0 Å². The molecule has 0 aromatic carbocycles. The molecule has 84 valence electrons. The number of hydrogen-bond acceptors (Lipinski definition) is 4. The van der Waals surface area contributed by atoms with Gasteiger partial charge in [-0.05, 0) is 19.9 Å². The topological polar surface area (TPSA) is 67.9 Å². The quantitative estimate of drug-likeness (QED) is 0.796. The lowest BCUT2D eigenvalue weighted by molar-refractivity contribution is -0.144. The van der Waals surface area contributed by atoms with Crippen LogP contribution in [0.4, 0.5) is 0 Å². The van der Waals surface area contributed by atoms with E-state index in [1.807, 2.05) is 0 Å². The summed E-state index contributed by atoms with van der Waals surface area (Å²) in [6.45, 7) is 3.93. The molecule has 2 rings (SSSR count). The van der Waals surface area contributed by atoms with Crippen LogP contribution < -0.4 is 0 Å². The average molecular weight is 219 g/mol. The molecular weight excluding hydrogens is 206 g/mol. The molecule has 16 heavy (non-hydrogen) atoms. The Balaban J connectivity index is 2.29. The van der Waals surface area contributed by atoms with Crippen LogP contribution in [0.3, 0.4) is 0 Å². The molecule has 0 spiro atoms. The van der Waals surface area contributed by atoms with Crippen LogP contribution in [0.2, 0.25) is 0 Å². The van der Waals surface area contributed by atoms with E-state index >= 15 is 0 Å². The molecule has 5 heteroatoms. The van der Waals surface area contributed by atoms with Gasteiger partial charge in [0, 0.05) is 6.20 Å². The van der Waals surface area contributed by atoms with Crippen molar-refractivity contribution in [3.8, 4) is 0 Å². The van der Waals surface area contributed by atoms with E-state index in [1.54, 1.807) is 32.3 Å². The number of nitrogens with zero attached hydrogens (tertiary/aromatic N) is 2. The monoisotopic (exact) mass is 219 g/mol. The number of H-pyrrole nitrogens is 1. The zero-order chi connectivity index (χ0) is 11.5. The van der Waals surface area contributed by atoms with Gasteiger partial charge in [-0.3, -0.25) is 9.78 Å². The molecule has 0 saturated heterocycles. The fourth-order valence-corrected chi connectivity index (χ4v) is 1.46. The van der Waals surface area contributed by atoms with Crippen LogP contribution in [0, 0.1) is 0 Å². The van der Waals surface area contributed by atoms with Gasteiger partial charge >= 0.3 is 5.97 Å². The molecule has 0 saturated carbocycles. The number of aromatic nitrogens is 3. The largest absolute Gasteiger partial charge is 0.465 e. The highest BCUT2D eigenvalue weighted by Gasteiger charge is 2.19. The van der Waals surface area contributed by atoms with Crippen LogP contribution in [-0.4, -0.2) is 27.5 Å². The van der Waals surface area contributed by atoms with E-state index < -0.39 is 0 Å². The molecular formula is C11H13N3O2. The number of pyridine rings is 1. The third kappa shape index (κ3) is 1.88. The number of imidazole rings is 1. The van der Waals surface area contributed by atoms with Crippen LogP contribution in [0.15, 0.2) is 18.5 Å². The number of nitrogens with one attached hydrogen (secondary N) is 1. The lowest BCUT2D eigenvalue weighted by Crippen LogP contribution is -2.14. The minimum atomic E-state index is -0.382. The Bertz CT molecular complexity index is 474. The Kier molecular flexibility index (Phi) is 2.85. The van der Waals surface area contributed by atoms with E-state index in [0.717, 1.165) is 11.0 Å². The maximum atomic E-state index is 11.5. The molecule has 0 radical (unpaired) electrons. The molecule has 0 aliphatic carbocycles. The van der Waals surface area contributed by atoms with Crippen molar-refractivity contribution < 1.29 is 9.53 Å². The standard InChI is InChI=1S/C11H13N3O2/c1-3-16-11(15)7(2)10-13-8-4-5-12-6-9(8)14-10/h4-7H,3H2,1-2H3,(H,13,14). The SMILES string of the molecule is CCOC(=O)C(C)c1nc2ccncc2[nH]1. The summed E-state index contributed by atoms with van der Waals surface area (Å²) < 4.78 is 4.94. The summed E-state index contributed by atoms with van der Waals surface area (Å²) in [5.74, 6) is -0.0386. The molecule has 0 amide bonds. The van der Waals surface area contributed by atoms with E-state index in [1.165, 1.54) is 0 Å². The van der Waals surface area contributed by atoms with Crippen molar-refractivity contribution in [2.45, 2.75) is 19.8 Å². The van der Waals surface area contributed by atoms with Gasteiger partial charge in [-0.2, -0.15) is 0 Å². The molecule has 1 unspecified atom stereocenters. The summed E-state index contributed by atoms with van der Waals surface area (Å²) in [6, 6.07) is 1.80. The Morgan fingerprint density at radius 1 is 1.62 bits per heavy atom. The third-order valence-corrected chi connectivity index (χ3v) is 2.35. The van der Waals surface area contributed by atoms with Crippen LogP contribution in [0.25, 0.3) is 11.0 Å². The molecule has 0 fully saturated rings. The molecule has 0 aliphatic heterocycles. The number of hydrogen-bond donors (Lipinski definition) is 1. The van der Waals surface area contributed by atoms with Crippen molar-refractivity contribution in [2.75, 3.05) is 6.61 Å². The van der Waals surface area contributed by atoms with Gasteiger partial charge in [0.05, 0.1) is 23.8 Å². The highest BCUT2D eigenvalue weighted by atomic mass is 16.5. The maximum absolute atomic E-state index is 11.5. The first-order valence-electron chi connectivity index (χ1n) is 5.18. The Morgan fingerprint density at radius 2 is 2.44 bits per heavy atom. The van der Waals surface area contributed by atoms with Crippen LogP contribution in [0.1, 0.15) is 25.6 Å². The first kappa shape index (κ1) is 10.6. The second-order valence-electron chi connectivity index (χ2n) is 3.49. The lowest BCUT2D eigenvalue weighted by Gasteiger charge is -2.06. The number of ether oxygens (including phenoxy) is 1. The molecule has 0 bridgehead atoms. The minimum Gasteiger partial charge on any atom is -0.465 e. The van der Waals surface area contributed by atoms with Gasteiger partial charge in [-0.15, -0.1) is 0 Å². The van der Waals surface area contributed by atoms with Crippen molar-refractivity contribution >= 4 is 17.0 Å². The van der Waals surface area contributed by atoms with Gasteiger partial charge in [-0.1, -0.05) is 0 Å². The molecule has 5 nitrogen and oxygen atoms in total. The van der Waals surface area contributed by atoms with Crippen molar-refractivity contribution in [2.24, 2.45) is 0 Å². The summed E-state index contributed by atoms with van der Waals surface area (Å²) >= 11 is 0. The fraction of sp³-hybridized carbons (Fsp3) is 0.364. The number of aromatic amines is 1. The van der Waals surface area contributed by atoms with Crippen molar-refractivity contribution in [3.05, 3.63) is 24.3 Å². The zero-order valence-electron chi connectivity index (χ0n) is 9.23. The Hall–Kier alpha value is -1.91. The predicted molar refractivity (Wildman–Crippen MR) is 58.9 cm³/mol. The average Bonchev–Trinajstić information content (AvgIpc) is 2.71. The highest BCUT2D eigenvalue weighted by molar-refractivity contribution is 5.79.